The lowest BCUT2D eigenvalue weighted by Gasteiger charge is -2.14. The molecule has 0 radical (unpaired) electrons. The Morgan fingerprint density at radius 2 is 1.93 bits per heavy atom. The molecule has 2 amide bonds. The van der Waals surface area contributed by atoms with E-state index in [1.165, 1.54) is 12.1 Å². The molecule has 1 heterocycles. The molecule has 0 atom stereocenters. The van der Waals surface area contributed by atoms with Crippen molar-refractivity contribution >= 4 is 19.9 Å². The van der Waals surface area contributed by atoms with E-state index in [0.717, 1.165) is 12.8 Å². The molecular formula is C10H17NO2Si. The molecule has 78 valence electrons. The van der Waals surface area contributed by atoms with Crippen LogP contribution in [-0.4, -0.2) is 19.9 Å². The smallest absolute Gasteiger partial charge is 0.254 e. The molecule has 1 aliphatic rings. The summed E-state index contributed by atoms with van der Waals surface area (Å²) in [5.74, 6) is -0.469. The maximum absolute atomic E-state index is 11.2. The normalized spacial score (nSPS) is 16.9. The van der Waals surface area contributed by atoms with Gasteiger partial charge in [-0.25, -0.2) is 0 Å². The average Bonchev–Trinajstić information content (AvgIpc) is 2.27. The van der Waals surface area contributed by atoms with Gasteiger partial charge >= 0.3 is 0 Å². The Bertz CT molecular complexity index is 289. The Morgan fingerprint density at radius 1 is 1.29 bits per heavy atom. The summed E-state index contributed by atoms with van der Waals surface area (Å²) in [6, 6.07) is 1.20. The van der Waals surface area contributed by atoms with E-state index in [1.54, 1.807) is 0 Å². The molecule has 4 heteroatoms. The zero-order valence-electron chi connectivity index (χ0n) is 9.02. The van der Waals surface area contributed by atoms with E-state index < -0.39 is 8.07 Å². The van der Waals surface area contributed by atoms with E-state index in [1.807, 2.05) is 0 Å². The van der Waals surface area contributed by atoms with E-state index in [2.05, 4.69) is 25.0 Å². The standard InChI is InChI=1S/C10H17NO2Si/c1-14(2,3)6-4-5-8-7-9(12)11-10(8)13/h7H,4-6H2,1-3H3,(H,11,12,13). The average molecular weight is 211 g/mol. The van der Waals surface area contributed by atoms with E-state index in [4.69, 9.17) is 0 Å². The van der Waals surface area contributed by atoms with Crippen LogP contribution in [0.4, 0.5) is 0 Å². The highest BCUT2D eigenvalue weighted by Crippen LogP contribution is 2.17. The molecule has 3 nitrogen and oxygen atoms in total. The third-order valence-electron chi connectivity index (χ3n) is 2.21. The Kier molecular flexibility index (Phi) is 3.26. The minimum atomic E-state index is -1.01. The van der Waals surface area contributed by atoms with Crippen LogP contribution in [0.15, 0.2) is 11.6 Å². The number of hydrogen-bond acceptors (Lipinski definition) is 2. The van der Waals surface area contributed by atoms with E-state index in [9.17, 15) is 9.59 Å². The number of amides is 2. The number of imide groups is 1. The number of carbonyl (C=O) groups excluding carboxylic acids is 2. The molecule has 0 spiro atoms. The molecule has 0 aliphatic carbocycles. The molecule has 0 bridgehead atoms. The van der Waals surface area contributed by atoms with Crippen LogP contribution in [-0.2, 0) is 9.59 Å². The van der Waals surface area contributed by atoms with Gasteiger partial charge in [-0.05, 0) is 6.42 Å². The van der Waals surface area contributed by atoms with Gasteiger partial charge in [-0.3, -0.25) is 14.9 Å². The third-order valence-corrected chi connectivity index (χ3v) is 4.06. The SMILES string of the molecule is C[Si](C)(C)CCCC1=CC(=O)NC1=O. The van der Waals surface area contributed by atoms with E-state index in [-0.39, 0.29) is 11.8 Å². The monoisotopic (exact) mass is 211 g/mol. The first-order chi connectivity index (χ1) is 6.38. The van der Waals surface area contributed by atoms with Crippen LogP contribution < -0.4 is 5.32 Å². The zero-order valence-corrected chi connectivity index (χ0v) is 10.0. The maximum Gasteiger partial charge on any atom is 0.254 e. The van der Waals surface area contributed by atoms with Crippen molar-refractivity contribution in [3.8, 4) is 0 Å². The molecule has 0 saturated heterocycles. The van der Waals surface area contributed by atoms with Gasteiger partial charge < -0.3 is 0 Å². The van der Waals surface area contributed by atoms with Gasteiger partial charge in [0.1, 0.15) is 0 Å². The van der Waals surface area contributed by atoms with E-state index >= 15 is 0 Å². The van der Waals surface area contributed by atoms with Gasteiger partial charge in [0.05, 0.1) is 0 Å². The second kappa shape index (κ2) is 4.08. The zero-order chi connectivity index (χ0) is 10.8. The number of hydrogen-bond donors (Lipinski definition) is 1. The lowest BCUT2D eigenvalue weighted by Crippen LogP contribution is -2.22. The molecule has 14 heavy (non-hydrogen) atoms. The largest absolute Gasteiger partial charge is 0.289 e. The number of carbonyl (C=O) groups is 2. The molecule has 1 N–H and O–H groups in total. The number of nitrogens with one attached hydrogen (secondary N) is 1. The highest BCUT2D eigenvalue weighted by atomic mass is 28.3. The molecule has 0 aromatic carbocycles. The minimum absolute atomic E-state index is 0.203. The van der Waals surface area contributed by atoms with Gasteiger partial charge in [0.25, 0.3) is 11.8 Å². The van der Waals surface area contributed by atoms with Crippen LogP contribution in [0.2, 0.25) is 25.7 Å². The lowest BCUT2D eigenvalue weighted by molar-refractivity contribution is -0.123. The summed E-state index contributed by atoms with van der Waals surface area (Å²) in [7, 11) is -1.01. The predicted molar refractivity (Wildman–Crippen MR) is 58.6 cm³/mol. The third kappa shape index (κ3) is 3.45. The molecule has 0 fully saturated rings. The first kappa shape index (κ1) is 11.2. The maximum atomic E-state index is 11.2. The first-order valence-corrected chi connectivity index (χ1v) is 8.65. The Balaban J connectivity index is 2.36. The molecule has 1 aliphatic heterocycles. The Hall–Kier alpha value is -0.903. The number of rotatable bonds is 4. The summed E-state index contributed by atoms with van der Waals surface area (Å²) in [4.78, 5) is 22.0. The summed E-state index contributed by atoms with van der Waals surface area (Å²) < 4.78 is 0. The first-order valence-electron chi connectivity index (χ1n) is 4.94. The van der Waals surface area contributed by atoms with Gasteiger partial charge in [-0.2, -0.15) is 0 Å². The van der Waals surface area contributed by atoms with Crippen molar-refractivity contribution in [1.82, 2.24) is 5.32 Å². The van der Waals surface area contributed by atoms with Crippen LogP contribution in [0.3, 0.4) is 0 Å². The lowest BCUT2D eigenvalue weighted by atomic mass is 10.1. The second-order valence-corrected chi connectivity index (χ2v) is 10.5. The van der Waals surface area contributed by atoms with Crippen molar-refractivity contribution in [3.05, 3.63) is 11.6 Å². The molecule has 0 aromatic heterocycles. The van der Waals surface area contributed by atoms with Crippen LogP contribution >= 0.6 is 0 Å². The highest BCUT2D eigenvalue weighted by Gasteiger charge is 2.21. The van der Waals surface area contributed by atoms with E-state index in [0.29, 0.717) is 5.57 Å². The summed E-state index contributed by atoms with van der Waals surface area (Å²) in [5.41, 5.74) is 0.647. The van der Waals surface area contributed by atoms with Gasteiger partial charge in [-0.15, -0.1) is 0 Å². The van der Waals surface area contributed by atoms with Crippen LogP contribution in [0.25, 0.3) is 0 Å². The second-order valence-electron chi connectivity index (χ2n) is 4.90. The Morgan fingerprint density at radius 3 is 2.36 bits per heavy atom. The topological polar surface area (TPSA) is 46.2 Å². The van der Waals surface area contributed by atoms with Gasteiger partial charge in [0, 0.05) is 19.7 Å². The minimum Gasteiger partial charge on any atom is -0.289 e. The summed E-state index contributed by atoms with van der Waals surface area (Å²) in [5, 5.41) is 2.26. The summed E-state index contributed by atoms with van der Waals surface area (Å²) in [6.07, 6.45) is 3.18. The van der Waals surface area contributed by atoms with Gasteiger partial charge in [0.15, 0.2) is 0 Å². The van der Waals surface area contributed by atoms with Crippen molar-refractivity contribution in [2.75, 3.05) is 0 Å². The van der Waals surface area contributed by atoms with Crippen LogP contribution in [0, 0.1) is 0 Å². The van der Waals surface area contributed by atoms with Crippen LogP contribution in [0.5, 0.6) is 0 Å². The summed E-state index contributed by atoms with van der Waals surface area (Å²) in [6.45, 7) is 6.92. The van der Waals surface area contributed by atoms with Gasteiger partial charge in [-0.1, -0.05) is 32.1 Å². The van der Waals surface area contributed by atoms with Crippen molar-refractivity contribution in [2.24, 2.45) is 0 Å². The van der Waals surface area contributed by atoms with Crippen molar-refractivity contribution in [3.63, 3.8) is 0 Å². The predicted octanol–water partition coefficient (Wildman–Crippen LogP) is 1.69. The highest BCUT2D eigenvalue weighted by molar-refractivity contribution is 6.76. The molecule has 0 aromatic rings. The molecular weight excluding hydrogens is 194 g/mol. The van der Waals surface area contributed by atoms with Crippen molar-refractivity contribution < 1.29 is 9.59 Å². The quantitative estimate of drug-likeness (QED) is 0.568. The fourth-order valence-electron chi connectivity index (χ4n) is 1.45. The van der Waals surface area contributed by atoms with Crippen molar-refractivity contribution in [2.45, 2.75) is 38.5 Å². The van der Waals surface area contributed by atoms with Gasteiger partial charge in [0.2, 0.25) is 0 Å². The molecule has 0 saturated carbocycles. The fraction of sp³-hybridized carbons (Fsp3) is 0.600. The molecule has 0 unspecified atom stereocenters. The van der Waals surface area contributed by atoms with Crippen LogP contribution in [0.1, 0.15) is 12.8 Å². The van der Waals surface area contributed by atoms with Crippen molar-refractivity contribution in [1.29, 1.82) is 0 Å². The fourth-order valence-corrected chi connectivity index (χ4v) is 2.68. The molecule has 1 rings (SSSR count). The Labute approximate surface area is 85.6 Å². The summed E-state index contributed by atoms with van der Waals surface area (Å²) >= 11 is 0.